The summed E-state index contributed by atoms with van der Waals surface area (Å²) in [5.74, 6) is 0.302. The molecule has 0 atom stereocenters. The average Bonchev–Trinajstić information content (AvgIpc) is 2.69. The molecule has 0 fully saturated rings. The monoisotopic (exact) mass is 343 g/mol. The Morgan fingerprint density at radius 1 is 1.12 bits per heavy atom. The molecule has 2 aromatic carbocycles. The molecular formula is C20H17N5O. The third kappa shape index (κ3) is 4.22. The van der Waals surface area contributed by atoms with Crippen LogP contribution in [0.4, 0.5) is 11.5 Å². The summed E-state index contributed by atoms with van der Waals surface area (Å²) in [6.45, 7) is 0.670. The van der Waals surface area contributed by atoms with Crippen LogP contribution >= 0.6 is 0 Å². The largest absolute Gasteiger partial charge is 0.355 e. The van der Waals surface area contributed by atoms with Gasteiger partial charge in [-0.1, -0.05) is 36.4 Å². The average molecular weight is 343 g/mol. The Labute approximate surface area is 151 Å². The van der Waals surface area contributed by atoms with Crippen LogP contribution in [0.3, 0.4) is 0 Å². The Kier molecular flexibility index (Phi) is 5.20. The Morgan fingerprint density at radius 2 is 1.92 bits per heavy atom. The zero-order valence-corrected chi connectivity index (χ0v) is 14.3. The van der Waals surface area contributed by atoms with Crippen LogP contribution in [0.5, 0.6) is 0 Å². The molecule has 1 N–H and O–H groups in total. The number of hydrogen-bond acceptors (Lipinski definition) is 5. The normalized spacial score (nSPS) is 10.0. The maximum atomic E-state index is 12.4. The van der Waals surface area contributed by atoms with Crippen LogP contribution in [0.25, 0.3) is 0 Å². The lowest BCUT2D eigenvalue weighted by molar-refractivity contribution is 0.102. The molecule has 3 rings (SSSR count). The predicted molar refractivity (Wildman–Crippen MR) is 99.7 cm³/mol. The fourth-order valence-corrected chi connectivity index (χ4v) is 2.48. The highest BCUT2D eigenvalue weighted by atomic mass is 16.1. The van der Waals surface area contributed by atoms with Crippen molar-refractivity contribution < 1.29 is 4.79 Å². The van der Waals surface area contributed by atoms with Crippen molar-refractivity contribution in [3.05, 3.63) is 83.8 Å². The first kappa shape index (κ1) is 17.1. The van der Waals surface area contributed by atoms with Gasteiger partial charge in [-0.15, -0.1) is 0 Å². The number of benzene rings is 2. The van der Waals surface area contributed by atoms with E-state index < -0.39 is 0 Å². The van der Waals surface area contributed by atoms with Crippen LogP contribution in [0.15, 0.2) is 67.0 Å². The van der Waals surface area contributed by atoms with Crippen molar-refractivity contribution in [2.24, 2.45) is 0 Å². The van der Waals surface area contributed by atoms with E-state index in [1.54, 1.807) is 30.3 Å². The van der Waals surface area contributed by atoms with E-state index in [-0.39, 0.29) is 11.6 Å². The molecule has 0 saturated carbocycles. The van der Waals surface area contributed by atoms with Gasteiger partial charge in [0.1, 0.15) is 17.8 Å². The first-order valence-corrected chi connectivity index (χ1v) is 8.04. The molecule has 0 bridgehead atoms. The number of amides is 1. The minimum Gasteiger partial charge on any atom is -0.355 e. The van der Waals surface area contributed by atoms with Gasteiger partial charge in [-0.2, -0.15) is 5.26 Å². The molecule has 0 saturated heterocycles. The van der Waals surface area contributed by atoms with E-state index in [1.165, 1.54) is 6.33 Å². The molecule has 6 heteroatoms. The van der Waals surface area contributed by atoms with E-state index in [1.807, 2.05) is 48.3 Å². The van der Waals surface area contributed by atoms with Crippen molar-refractivity contribution in [1.82, 2.24) is 9.97 Å². The van der Waals surface area contributed by atoms with Gasteiger partial charge in [0.2, 0.25) is 0 Å². The molecule has 26 heavy (non-hydrogen) atoms. The smallest absolute Gasteiger partial charge is 0.274 e. The fraction of sp³-hybridized carbons (Fsp3) is 0.100. The maximum Gasteiger partial charge on any atom is 0.274 e. The van der Waals surface area contributed by atoms with Gasteiger partial charge in [0, 0.05) is 25.3 Å². The van der Waals surface area contributed by atoms with E-state index in [2.05, 4.69) is 15.3 Å². The molecule has 6 nitrogen and oxygen atoms in total. The van der Waals surface area contributed by atoms with Crippen molar-refractivity contribution in [2.75, 3.05) is 17.3 Å². The maximum absolute atomic E-state index is 12.4. The van der Waals surface area contributed by atoms with Gasteiger partial charge in [0.25, 0.3) is 5.91 Å². The zero-order valence-electron chi connectivity index (χ0n) is 14.3. The molecule has 0 unspecified atom stereocenters. The molecule has 0 radical (unpaired) electrons. The summed E-state index contributed by atoms with van der Waals surface area (Å²) < 4.78 is 0. The van der Waals surface area contributed by atoms with Gasteiger partial charge < -0.3 is 10.2 Å². The number of carbonyl (C=O) groups excluding carboxylic acids is 1. The Bertz CT molecular complexity index is 950. The first-order chi connectivity index (χ1) is 12.7. The number of nitrogens with one attached hydrogen (secondary N) is 1. The van der Waals surface area contributed by atoms with Gasteiger partial charge in [-0.25, -0.2) is 9.97 Å². The van der Waals surface area contributed by atoms with Crippen LogP contribution in [0.2, 0.25) is 0 Å². The van der Waals surface area contributed by atoms with Crippen LogP contribution in [-0.2, 0) is 6.54 Å². The summed E-state index contributed by atoms with van der Waals surface area (Å²) >= 11 is 0. The van der Waals surface area contributed by atoms with E-state index in [0.29, 0.717) is 23.6 Å². The lowest BCUT2D eigenvalue weighted by Gasteiger charge is -2.18. The standard InChI is InChI=1S/C20H17N5O/c1-25(13-15-6-3-2-4-7-15)19-11-18(22-14-23-19)20(26)24-17-9-5-8-16(10-17)12-21/h2-11,14H,13H2,1H3,(H,24,26). The highest BCUT2D eigenvalue weighted by Crippen LogP contribution is 2.15. The lowest BCUT2D eigenvalue weighted by Crippen LogP contribution is -2.20. The minimum atomic E-state index is -0.350. The molecule has 0 aliphatic rings. The van der Waals surface area contributed by atoms with E-state index >= 15 is 0 Å². The minimum absolute atomic E-state index is 0.261. The molecule has 3 aromatic rings. The number of hydrogen-bond donors (Lipinski definition) is 1. The van der Waals surface area contributed by atoms with Gasteiger partial charge >= 0.3 is 0 Å². The van der Waals surface area contributed by atoms with Gasteiger partial charge in [-0.05, 0) is 23.8 Å². The van der Waals surface area contributed by atoms with E-state index in [0.717, 1.165) is 5.56 Å². The second-order valence-electron chi connectivity index (χ2n) is 5.75. The molecule has 1 heterocycles. The molecular weight excluding hydrogens is 326 g/mol. The molecule has 1 aromatic heterocycles. The number of carbonyl (C=O) groups is 1. The molecule has 0 spiro atoms. The Hall–Kier alpha value is -3.72. The van der Waals surface area contributed by atoms with Gasteiger partial charge in [-0.3, -0.25) is 4.79 Å². The first-order valence-electron chi connectivity index (χ1n) is 8.04. The number of nitrogens with zero attached hydrogens (tertiary/aromatic N) is 4. The predicted octanol–water partition coefficient (Wildman–Crippen LogP) is 3.24. The third-order valence-corrected chi connectivity index (χ3v) is 3.79. The number of nitriles is 1. The van der Waals surface area contributed by atoms with Crippen LogP contribution in [-0.4, -0.2) is 22.9 Å². The highest BCUT2D eigenvalue weighted by Gasteiger charge is 2.12. The summed E-state index contributed by atoms with van der Waals surface area (Å²) in [6, 6.07) is 20.4. The quantitative estimate of drug-likeness (QED) is 0.769. The Balaban J connectivity index is 1.73. The molecule has 1 amide bonds. The third-order valence-electron chi connectivity index (χ3n) is 3.79. The summed E-state index contributed by atoms with van der Waals surface area (Å²) in [7, 11) is 1.91. The van der Waals surface area contributed by atoms with E-state index in [4.69, 9.17) is 5.26 Å². The summed E-state index contributed by atoms with van der Waals surface area (Å²) in [6.07, 6.45) is 1.37. The van der Waals surface area contributed by atoms with E-state index in [9.17, 15) is 4.79 Å². The molecule has 128 valence electrons. The number of rotatable bonds is 5. The van der Waals surface area contributed by atoms with Crippen molar-refractivity contribution in [1.29, 1.82) is 5.26 Å². The van der Waals surface area contributed by atoms with Crippen molar-refractivity contribution in [2.45, 2.75) is 6.54 Å². The van der Waals surface area contributed by atoms with Crippen LogP contribution in [0.1, 0.15) is 21.6 Å². The second kappa shape index (κ2) is 7.90. The zero-order chi connectivity index (χ0) is 18.4. The van der Waals surface area contributed by atoms with Crippen molar-refractivity contribution in [3.8, 4) is 6.07 Å². The molecule has 0 aliphatic carbocycles. The van der Waals surface area contributed by atoms with Gasteiger partial charge in [0.15, 0.2) is 0 Å². The highest BCUT2D eigenvalue weighted by molar-refractivity contribution is 6.03. The fourth-order valence-electron chi connectivity index (χ4n) is 2.48. The Morgan fingerprint density at radius 3 is 2.69 bits per heavy atom. The summed E-state index contributed by atoms with van der Waals surface area (Å²) in [5, 5.41) is 11.7. The SMILES string of the molecule is CN(Cc1ccccc1)c1cc(C(=O)Nc2cccc(C#N)c2)ncn1. The van der Waals surface area contributed by atoms with Crippen LogP contribution in [0, 0.1) is 11.3 Å². The molecule has 0 aliphatic heterocycles. The van der Waals surface area contributed by atoms with Gasteiger partial charge in [0.05, 0.1) is 11.6 Å². The van der Waals surface area contributed by atoms with Crippen molar-refractivity contribution >= 4 is 17.4 Å². The lowest BCUT2D eigenvalue weighted by atomic mass is 10.2. The second-order valence-corrected chi connectivity index (χ2v) is 5.75. The summed E-state index contributed by atoms with van der Waals surface area (Å²) in [4.78, 5) is 22.7. The van der Waals surface area contributed by atoms with Crippen molar-refractivity contribution in [3.63, 3.8) is 0 Å². The number of aromatic nitrogens is 2. The topological polar surface area (TPSA) is 81.9 Å². The summed E-state index contributed by atoms with van der Waals surface area (Å²) in [5.41, 5.74) is 2.44. The van der Waals surface area contributed by atoms with Crippen LogP contribution < -0.4 is 10.2 Å². The number of anilines is 2.